The number of nitrogens with zero attached hydrogens (tertiary/aromatic N) is 3. The van der Waals surface area contributed by atoms with Gasteiger partial charge in [0.05, 0.1) is 0 Å². The van der Waals surface area contributed by atoms with Gasteiger partial charge >= 0.3 is 0 Å². The zero-order valence-electron chi connectivity index (χ0n) is 14.1. The van der Waals surface area contributed by atoms with Crippen LogP contribution >= 0.6 is 0 Å². The molecule has 0 saturated heterocycles. The number of benzene rings is 1. The van der Waals surface area contributed by atoms with Gasteiger partial charge in [0.25, 0.3) is 0 Å². The second-order valence-electron chi connectivity index (χ2n) is 6.30. The summed E-state index contributed by atoms with van der Waals surface area (Å²) in [6, 6.07) is 15.0. The predicted molar refractivity (Wildman–Crippen MR) is 96.7 cm³/mol. The van der Waals surface area contributed by atoms with Crippen molar-refractivity contribution in [3.8, 4) is 5.75 Å². The van der Waals surface area contributed by atoms with Crippen LogP contribution in [0.3, 0.4) is 0 Å². The zero-order chi connectivity index (χ0) is 17.6. The van der Waals surface area contributed by atoms with Crippen LogP contribution in [-0.4, -0.2) is 20.9 Å². The van der Waals surface area contributed by atoms with Crippen LogP contribution in [0.2, 0.25) is 0 Å². The zero-order valence-corrected chi connectivity index (χ0v) is 14.1. The van der Waals surface area contributed by atoms with Crippen molar-refractivity contribution in [2.24, 2.45) is 10.7 Å². The fourth-order valence-electron chi connectivity index (χ4n) is 3.58. The molecule has 3 N–H and O–H groups in total. The first kappa shape index (κ1) is 15.3. The second-order valence-corrected chi connectivity index (χ2v) is 6.30. The highest BCUT2D eigenvalue weighted by molar-refractivity contribution is 6.01. The third-order valence-corrected chi connectivity index (χ3v) is 4.49. The van der Waals surface area contributed by atoms with Crippen molar-refractivity contribution in [2.75, 3.05) is 0 Å². The maximum atomic E-state index is 10.1. The molecule has 1 aliphatic rings. The minimum atomic E-state index is -0.842. The van der Waals surface area contributed by atoms with Crippen molar-refractivity contribution < 1.29 is 5.11 Å². The maximum Gasteiger partial charge on any atom is 0.146 e. The van der Waals surface area contributed by atoms with E-state index < -0.39 is 5.54 Å². The molecule has 2 aromatic heterocycles. The summed E-state index contributed by atoms with van der Waals surface area (Å²) in [5, 5.41) is 10.1. The Labute approximate surface area is 145 Å². The number of aromatic nitrogens is 2. The molecule has 3 aromatic rings. The van der Waals surface area contributed by atoms with E-state index >= 15 is 0 Å². The predicted octanol–water partition coefficient (Wildman–Crippen LogP) is 2.81. The first-order valence-electron chi connectivity index (χ1n) is 8.07. The van der Waals surface area contributed by atoms with E-state index in [1.54, 1.807) is 18.3 Å². The topological polar surface area (TPSA) is 84.4 Å². The van der Waals surface area contributed by atoms with E-state index in [2.05, 4.69) is 9.97 Å². The fraction of sp³-hybridized carbons (Fsp3) is 0.150. The number of hydrogen-bond acceptors (Lipinski definition) is 5. The van der Waals surface area contributed by atoms with Crippen LogP contribution in [0.1, 0.15) is 33.8 Å². The minimum absolute atomic E-state index is 0.186. The quantitative estimate of drug-likeness (QED) is 0.757. The van der Waals surface area contributed by atoms with Crippen molar-refractivity contribution in [2.45, 2.75) is 19.4 Å². The lowest BCUT2D eigenvalue weighted by molar-refractivity contribution is 0.473. The molecular formula is C20H18N4O. The molecule has 5 nitrogen and oxygen atoms in total. The highest BCUT2D eigenvalue weighted by atomic mass is 16.3. The monoisotopic (exact) mass is 330 g/mol. The summed E-state index contributed by atoms with van der Waals surface area (Å²) < 4.78 is 0. The lowest BCUT2D eigenvalue weighted by atomic mass is 9.78. The Hall–Kier alpha value is -3.21. The third-order valence-electron chi connectivity index (χ3n) is 4.49. The minimum Gasteiger partial charge on any atom is -0.508 e. The number of amidine groups is 1. The third kappa shape index (κ3) is 2.28. The molecule has 0 spiro atoms. The Morgan fingerprint density at radius 2 is 1.72 bits per heavy atom. The number of nitrogens with two attached hydrogens (primary N) is 1. The molecule has 3 heterocycles. The molecule has 0 saturated carbocycles. The van der Waals surface area contributed by atoms with E-state index in [-0.39, 0.29) is 5.75 Å². The molecule has 0 bridgehead atoms. The van der Waals surface area contributed by atoms with Crippen LogP contribution in [0.4, 0.5) is 0 Å². The van der Waals surface area contributed by atoms with Crippen LogP contribution in [0.15, 0.2) is 59.7 Å². The van der Waals surface area contributed by atoms with Gasteiger partial charge in [-0.2, -0.15) is 0 Å². The first-order chi connectivity index (χ1) is 12.0. The average Bonchev–Trinajstić information content (AvgIpc) is 2.88. The van der Waals surface area contributed by atoms with Gasteiger partial charge in [-0.1, -0.05) is 18.2 Å². The van der Waals surface area contributed by atoms with Gasteiger partial charge in [-0.3, -0.25) is 9.97 Å². The summed E-state index contributed by atoms with van der Waals surface area (Å²) in [6.45, 7) is 3.91. The lowest BCUT2D eigenvalue weighted by Crippen LogP contribution is -2.26. The number of aryl methyl sites for hydroxylation is 2. The smallest absolute Gasteiger partial charge is 0.146 e. The van der Waals surface area contributed by atoms with E-state index in [1.165, 1.54) is 0 Å². The molecule has 4 rings (SSSR count). The van der Waals surface area contributed by atoms with Gasteiger partial charge in [0.15, 0.2) is 0 Å². The molecular weight excluding hydrogens is 312 g/mol. The van der Waals surface area contributed by atoms with Crippen molar-refractivity contribution >= 4 is 5.84 Å². The Balaban J connectivity index is 2.11. The number of aromatic hydroxyl groups is 1. The molecule has 0 radical (unpaired) electrons. The normalized spacial score (nSPS) is 18.7. The second kappa shape index (κ2) is 5.41. The van der Waals surface area contributed by atoms with E-state index in [9.17, 15) is 5.11 Å². The summed E-state index contributed by atoms with van der Waals surface area (Å²) in [4.78, 5) is 13.7. The van der Waals surface area contributed by atoms with E-state index in [0.29, 0.717) is 11.5 Å². The van der Waals surface area contributed by atoms with Crippen molar-refractivity contribution in [3.05, 3.63) is 88.5 Å². The van der Waals surface area contributed by atoms with Gasteiger partial charge < -0.3 is 10.8 Å². The highest BCUT2D eigenvalue weighted by Crippen LogP contribution is 2.46. The van der Waals surface area contributed by atoms with Crippen molar-refractivity contribution in [3.63, 3.8) is 0 Å². The standard InChI is InChI=1S/C20H18N4O/c1-12-9-15(10-13(2)23-12)20(14-5-3-6-16(25)11-14)17-7-4-8-22-18(17)19(21)24-20/h3-11,25H,1-2H3,(H2,21,24). The average molecular weight is 330 g/mol. The summed E-state index contributed by atoms with van der Waals surface area (Å²) in [7, 11) is 0. The number of aliphatic imine (C=N–C) groups is 1. The number of phenolic OH excluding ortho intramolecular Hbond substituents is 1. The number of phenols is 1. The van der Waals surface area contributed by atoms with Gasteiger partial charge in [0.2, 0.25) is 0 Å². The number of rotatable bonds is 2. The van der Waals surface area contributed by atoms with Crippen LogP contribution in [0, 0.1) is 13.8 Å². The molecule has 1 unspecified atom stereocenters. The molecule has 124 valence electrons. The molecule has 0 fully saturated rings. The van der Waals surface area contributed by atoms with Crippen molar-refractivity contribution in [1.29, 1.82) is 0 Å². The lowest BCUT2D eigenvalue weighted by Gasteiger charge is -2.29. The Morgan fingerprint density at radius 1 is 0.960 bits per heavy atom. The Kier molecular flexibility index (Phi) is 3.32. The number of hydrogen-bond donors (Lipinski definition) is 2. The SMILES string of the molecule is Cc1cc(C2(c3cccc(O)c3)N=C(N)c3ncccc32)cc(C)n1. The molecule has 0 aliphatic carbocycles. The van der Waals surface area contributed by atoms with E-state index in [1.807, 2.05) is 50.2 Å². The van der Waals surface area contributed by atoms with Crippen LogP contribution < -0.4 is 5.73 Å². The van der Waals surface area contributed by atoms with Gasteiger partial charge in [0.1, 0.15) is 22.8 Å². The highest BCUT2D eigenvalue weighted by Gasteiger charge is 2.44. The van der Waals surface area contributed by atoms with Crippen molar-refractivity contribution in [1.82, 2.24) is 9.97 Å². The maximum absolute atomic E-state index is 10.1. The summed E-state index contributed by atoms with van der Waals surface area (Å²) in [6.07, 6.45) is 1.71. The van der Waals surface area contributed by atoms with Crippen LogP contribution in [0.25, 0.3) is 0 Å². The molecule has 1 atom stereocenters. The fourth-order valence-corrected chi connectivity index (χ4v) is 3.58. The summed E-state index contributed by atoms with van der Waals surface area (Å²) >= 11 is 0. The van der Waals surface area contributed by atoms with Gasteiger partial charge in [0, 0.05) is 23.1 Å². The molecule has 0 amide bonds. The van der Waals surface area contributed by atoms with E-state index in [0.717, 1.165) is 28.1 Å². The molecule has 1 aliphatic heterocycles. The van der Waals surface area contributed by atoms with Gasteiger partial charge in [-0.25, -0.2) is 4.99 Å². The van der Waals surface area contributed by atoms with Crippen LogP contribution in [0.5, 0.6) is 5.75 Å². The summed E-state index contributed by atoms with van der Waals surface area (Å²) in [5.41, 5.74) is 10.6. The summed E-state index contributed by atoms with van der Waals surface area (Å²) in [5.74, 6) is 0.580. The van der Waals surface area contributed by atoms with E-state index in [4.69, 9.17) is 10.7 Å². The molecule has 25 heavy (non-hydrogen) atoms. The first-order valence-corrected chi connectivity index (χ1v) is 8.07. The van der Waals surface area contributed by atoms with Gasteiger partial charge in [-0.15, -0.1) is 0 Å². The number of pyridine rings is 2. The number of fused-ring (bicyclic) bond motifs is 1. The molecule has 5 heteroatoms. The van der Waals surface area contributed by atoms with Gasteiger partial charge in [-0.05, 0) is 55.3 Å². The Bertz CT molecular complexity index is 992. The molecule has 1 aromatic carbocycles. The Morgan fingerprint density at radius 3 is 2.44 bits per heavy atom. The largest absolute Gasteiger partial charge is 0.508 e. The van der Waals surface area contributed by atoms with Crippen LogP contribution in [-0.2, 0) is 5.54 Å².